The number of aromatic amines is 1. The number of hydrogen-bond acceptors (Lipinski definition) is 5. The Balaban J connectivity index is 2.82. The average Bonchev–Trinajstić information content (AvgIpc) is 2.47. The van der Waals surface area contributed by atoms with E-state index in [2.05, 4.69) is 15.0 Å². The lowest BCUT2D eigenvalue weighted by Gasteiger charge is -2.20. The zero-order valence-corrected chi connectivity index (χ0v) is 13.1. The van der Waals surface area contributed by atoms with Crippen molar-refractivity contribution in [2.45, 2.75) is 38.8 Å². The summed E-state index contributed by atoms with van der Waals surface area (Å²) in [6.07, 6.45) is 2.05. The number of rotatable bonds is 7. The highest BCUT2D eigenvalue weighted by molar-refractivity contribution is 5.87. The van der Waals surface area contributed by atoms with Gasteiger partial charge in [0.2, 0.25) is 5.91 Å². The molecule has 0 bridgehead atoms. The normalized spacial score (nSPS) is 13.5. The minimum atomic E-state index is -0.945. The molecule has 1 aromatic heterocycles. The first-order valence-corrected chi connectivity index (χ1v) is 7.15. The van der Waals surface area contributed by atoms with Gasteiger partial charge in [0, 0.05) is 18.2 Å². The van der Waals surface area contributed by atoms with Crippen LogP contribution in [0.2, 0.25) is 0 Å². The molecule has 0 aliphatic rings. The molecule has 0 radical (unpaired) electrons. The largest absolute Gasteiger partial charge is 0.467 e. The van der Waals surface area contributed by atoms with Crippen molar-refractivity contribution in [2.24, 2.45) is 11.7 Å². The lowest BCUT2D eigenvalue weighted by molar-refractivity contribution is -0.145. The van der Waals surface area contributed by atoms with Crippen LogP contribution in [0.15, 0.2) is 23.1 Å². The second-order valence-corrected chi connectivity index (χ2v) is 5.55. The fraction of sp³-hybridized carbons (Fsp3) is 0.533. The predicted molar refractivity (Wildman–Crippen MR) is 82.1 cm³/mol. The van der Waals surface area contributed by atoms with Gasteiger partial charge in [-0.1, -0.05) is 19.9 Å². The summed E-state index contributed by atoms with van der Waals surface area (Å²) in [5, 5.41) is 2.56. The number of carbonyl (C=O) groups excluding carboxylic acids is 2. The van der Waals surface area contributed by atoms with Gasteiger partial charge in [0.25, 0.3) is 5.56 Å². The van der Waals surface area contributed by atoms with Crippen LogP contribution in [0.3, 0.4) is 0 Å². The molecule has 0 fully saturated rings. The van der Waals surface area contributed by atoms with Gasteiger partial charge < -0.3 is 20.8 Å². The molecule has 0 spiro atoms. The molecule has 7 nitrogen and oxygen atoms in total. The molecule has 1 amide bonds. The number of methoxy groups -OCH3 is 1. The molecule has 1 rings (SSSR count). The Morgan fingerprint density at radius 1 is 1.41 bits per heavy atom. The Morgan fingerprint density at radius 3 is 2.64 bits per heavy atom. The Hall–Kier alpha value is -2.15. The fourth-order valence-corrected chi connectivity index (χ4v) is 2.07. The van der Waals surface area contributed by atoms with Crippen LogP contribution in [0.1, 0.15) is 25.8 Å². The van der Waals surface area contributed by atoms with E-state index < -0.39 is 24.0 Å². The van der Waals surface area contributed by atoms with Crippen molar-refractivity contribution in [1.29, 1.82) is 0 Å². The van der Waals surface area contributed by atoms with Gasteiger partial charge in [-0.05, 0) is 18.4 Å². The van der Waals surface area contributed by atoms with E-state index in [0.717, 1.165) is 0 Å². The summed E-state index contributed by atoms with van der Waals surface area (Å²) in [6, 6.07) is 1.59. The molecule has 7 heteroatoms. The number of nitrogens with one attached hydrogen (secondary N) is 2. The van der Waals surface area contributed by atoms with Crippen LogP contribution in [-0.2, 0) is 20.7 Å². The number of H-pyrrole nitrogens is 1. The van der Waals surface area contributed by atoms with Crippen LogP contribution in [0.4, 0.5) is 0 Å². The third-order valence-corrected chi connectivity index (χ3v) is 3.19. The maximum absolute atomic E-state index is 12.1. The smallest absolute Gasteiger partial charge is 0.328 e. The zero-order valence-electron chi connectivity index (χ0n) is 13.1. The van der Waals surface area contributed by atoms with Crippen LogP contribution in [0.25, 0.3) is 0 Å². The van der Waals surface area contributed by atoms with E-state index in [4.69, 9.17) is 5.73 Å². The number of pyridine rings is 1. The van der Waals surface area contributed by atoms with E-state index in [0.29, 0.717) is 12.0 Å². The van der Waals surface area contributed by atoms with Crippen molar-refractivity contribution in [1.82, 2.24) is 10.3 Å². The summed E-state index contributed by atoms with van der Waals surface area (Å²) in [7, 11) is 1.23. The molecule has 1 aromatic rings. The standard InChI is InChI=1S/C15H23N3O4/c1-9(2)7-11(16)14(20)18-12(15(21)22-3)8-10-5-4-6-17-13(10)19/h4-6,9,11-12H,7-8,16H2,1-3H3,(H,17,19)(H,18,20). The summed E-state index contributed by atoms with van der Waals surface area (Å²) in [6.45, 7) is 3.91. The van der Waals surface area contributed by atoms with Gasteiger partial charge >= 0.3 is 5.97 Å². The second-order valence-electron chi connectivity index (χ2n) is 5.55. The molecule has 122 valence electrons. The molecule has 2 atom stereocenters. The number of esters is 1. The van der Waals surface area contributed by atoms with Crippen molar-refractivity contribution in [2.75, 3.05) is 7.11 Å². The molecule has 0 saturated heterocycles. The number of hydrogen-bond donors (Lipinski definition) is 3. The summed E-state index contributed by atoms with van der Waals surface area (Å²) in [4.78, 5) is 38.1. The predicted octanol–water partition coefficient (Wildman–Crippen LogP) is -0.0514. The molecular weight excluding hydrogens is 286 g/mol. The zero-order chi connectivity index (χ0) is 16.7. The minimum absolute atomic E-state index is 0.0446. The van der Waals surface area contributed by atoms with Gasteiger partial charge in [0.1, 0.15) is 6.04 Å². The van der Waals surface area contributed by atoms with Crippen LogP contribution >= 0.6 is 0 Å². The Morgan fingerprint density at radius 2 is 2.09 bits per heavy atom. The van der Waals surface area contributed by atoms with Crippen molar-refractivity contribution in [3.05, 3.63) is 34.2 Å². The number of carbonyl (C=O) groups is 2. The molecule has 1 heterocycles. The fourth-order valence-electron chi connectivity index (χ4n) is 2.07. The average molecular weight is 309 g/mol. The molecule has 4 N–H and O–H groups in total. The highest BCUT2D eigenvalue weighted by Gasteiger charge is 2.25. The number of aromatic nitrogens is 1. The number of amides is 1. The first kappa shape index (κ1) is 17.9. The van der Waals surface area contributed by atoms with Gasteiger partial charge in [-0.15, -0.1) is 0 Å². The van der Waals surface area contributed by atoms with Gasteiger partial charge in [-0.2, -0.15) is 0 Å². The number of nitrogens with two attached hydrogens (primary N) is 1. The van der Waals surface area contributed by atoms with Crippen LogP contribution in [-0.4, -0.2) is 36.1 Å². The number of ether oxygens (including phenoxy) is 1. The maximum Gasteiger partial charge on any atom is 0.328 e. The Kier molecular flexibility index (Phi) is 6.78. The SMILES string of the molecule is COC(=O)C(Cc1ccc[nH]c1=O)NC(=O)C(N)CC(C)C. The van der Waals surface area contributed by atoms with Crippen molar-refractivity contribution >= 4 is 11.9 Å². The van der Waals surface area contributed by atoms with Gasteiger partial charge in [-0.3, -0.25) is 9.59 Å². The van der Waals surface area contributed by atoms with Crippen LogP contribution < -0.4 is 16.6 Å². The first-order chi connectivity index (χ1) is 10.3. The van der Waals surface area contributed by atoms with E-state index in [9.17, 15) is 14.4 Å². The third kappa shape index (κ3) is 5.33. The molecule has 0 saturated carbocycles. The minimum Gasteiger partial charge on any atom is -0.467 e. The van der Waals surface area contributed by atoms with E-state index in [-0.39, 0.29) is 17.9 Å². The highest BCUT2D eigenvalue weighted by atomic mass is 16.5. The van der Waals surface area contributed by atoms with E-state index >= 15 is 0 Å². The summed E-state index contributed by atoms with van der Waals surface area (Å²) < 4.78 is 4.68. The molecule has 22 heavy (non-hydrogen) atoms. The van der Waals surface area contributed by atoms with E-state index in [1.165, 1.54) is 13.3 Å². The second kappa shape index (κ2) is 8.33. The lowest BCUT2D eigenvalue weighted by atomic mass is 10.0. The molecule has 2 unspecified atom stereocenters. The van der Waals surface area contributed by atoms with Crippen LogP contribution in [0, 0.1) is 5.92 Å². The monoisotopic (exact) mass is 309 g/mol. The van der Waals surface area contributed by atoms with Gasteiger partial charge in [-0.25, -0.2) is 4.79 Å². The van der Waals surface area contributed by atoms with Crippen molar-refractivity contribution in [3.8, 4) is 0 Å². The van der Waals surface area contributed by atoms with E-state index in [1.54, 1.807) is 12.1 Å². The summed E-state index contributed by atoms with van der Waals surface area (Å²) in [5.74, 6) is -0.792. The third-order valence-electron chi connectivity index (χ3n) is 3.19. The maximum atomic E-state index is 12.1. The lowest BCUT2D eigenvalue weighted by Crippen LogP contribution is -2.50. The molecule has 0 aromatic carbocycles. The summed E-state index contributed by atoms with van der Waals surface area (Å²) in [5.41, 5.74) is 5.88. The Bertz CT molecular complexity index is 568. The van der Waals surface area contributed by atoms with Crippen molar-refractivity contribution < 1.29 is 14.3 Å². The molecular formula is C15H23N3O4. The van der Waals surface area contributed by atoms with Gasteiger partial charge in [0.05, 0.1) is 13.2 Å². The van der Waals surface area contributed by atoms with Gasteiger partial charge in [0.15, 0.2) is 0 Å². The van der Waals surface area contributed by atoms with Crippen molar-refractivity contribution in [3.63, 3.8) is 0 Å². The van der Waals surface area contributed by atoms with Crippen LogP contribution in [0.5, 0.6) is 0 Å². The Labute approximate surface area is 129 Å². The highest BCUT2D eigenvalue weighted by Crippen LogP contribution is 2.05. The summed E-state index contributed by atoms with van der Waals surface area (Å²) >= 11 is 0. The van der Waals surface area contributed by atoms with E-state index in [1.807, 2.05) is 13.8 Å². The topological polar surface area (TPSA) is 114 Å². The molecule has 0 aliphatic heterocycles. The molecule has 0 aliphatic carbocycles. The quantitative estimate of drug-likeness (QED) is 0.611. The first-order valence-electron chi connectivity index (χ1n) is 7.15.